The number of methoxy groups -OCH3 is 2. The van der Waals surface area contributed by atoms with Crippen LogP contribution >= 0.6 is 11.3 Å². The van der Waals surface area contributed by atoms with E-state index in [1.807, 2.05) is 0 Å². The summed E-state index contributed by atoms with van der Waals surface area (Å²) in [7, 11) is 3.44. The first-order chi connectivity index (χ1) is 7.75. The average Bonchev–Trinajstić information content (AvgIpc) is 2.61. The summed E-state index contributed by atoms with van der Waals surface area (Å²) in [5.41, 5.74) is 6.54. The Morgan fingerprint density at radius 2 is 2.19 bits per heavy atom. The highest BCUT2D eigenvalue weighted by molar-refractivity contribution is 7.11. The van der Waals surface area contributed by atoms with Gasteiger partial charge in [-0.3, -0.25) is 0 Å². The third kappa shape index (κ3) is 1.88. The zero-order valence-electron chi connectivity index (χ0n) is 9.78. The van der Waals surface area contributed by atoms with Gasteiger partial charge in [-0.05, 0) is 19.3 Å². The van der Waals surface area contributed by atoms with Crippen LogP contribution in [0.5, 0.6) is 0 Å². The number of aromatic nitrogens is 1. The molecule has 5 heteroatoms. The summed E-state index contributed by atoms with van der Waals surface area (Å²) < 4.78 is 10.7. The minimum absolute atomic E-state index is 0.138. The van der Waals surface area contributed by atoms with E-state index in [9.17, 15) is 0 Å². The molecule has 0 saturated heterocycles. The summed E-state index contributed by atoms with van der Waals surface area (Å²) in [6.45, 7) is 1.05. The van der Waals surface area contributed by atoms with E-state index in [1.165, 1.54) is 6.42 Å². The summed E-state index contributed by atoms with van der Waals surface area (Å²) in [5, 5.41) is 1.06. The van der Waals surface area contributed by atoms with Crippen molar-refractivity contribution >= 4 is 11.3 Å². The summed E-state index contributed by atoms with van der Waals surface area (Å²) in [4.78, 5) is 5.74. The minimum Gasteiger partial charge on any atom is -0.378 e. The second kappa shape index (κ2) is 4.79. The third-order valence-corrected chi connectivity index (χ3v) is 4.49. The predicted molar refractivity (Wildman–Crippen MR) is 63.3 cm³/mol. The lowest BCUT2D eigenvalue weighted by atomic mass is 9.80. The molecule has 1 saturated carbocycles. The molecule has 1 aliphatic rings. The maximum Gasteiger partial charge on any atom is 0.125 e. The van der Waals surface area contributed by atoms with E-state index < -0.39 is 0 Å². The second-order valence-corrected chi connectivity index (χ2v) is 5.16. The lowest BCUT2D eigenvalue weighted by Gasteiger charge is -2.38. The molecule has 0 bridgehead atoms. The van der Waals surface area contributed by atoms with Gasteiger partial charge in [0.25, 0.3) is 0 Å². The number of hydrogen-bond donors (Lipinski definition) is 1. The SMILES string of the molecule is COCc1nc(C2(OC)CCC2)sc1CN. The molecule has 0 aliphatic heterocycles. The summed E-state index contributed by atoms with van der Waals surface area (Å²) in [6, 6.07) is 0. The van der Waals surface area contributed by atoms with Crippen LogP contribution < -0.4 is 5.73 Å². The normalized spacial score (nSPS) is 18.4. The number of nitrogens with zero attached hydrogens (tertiary/aromatic N) is 1. The van der Waals surface area contributed by atoms with E-state index in [4.69, 9.17) is 15.2 Å². The average molecular weight is 242 g/mol. The first-order valence-electron chi connectivity index (χ1n) is 5.49. The van der Waals surface area contributed by atoms with Gasteiger partial charge in [-0.25, -0.2) is 4.98 Å². The Labute approximate surface area is 99.8 Å². The topological polar surface area (TPSA) is 57.4 Å². The Bertz CT molecular complexity index is 355. The first-order valence-corrected chi connectivity index (χ1v) is 6.30. The van der Waals surface area contributed by atoms with Crippen LogP contribution in [0.4, 0.5) is 0 Å². The maximum atomic E-state index is 5.71. The third-order valence-electron chi connectivity index (χ3n) is 3.19. The Morgan fingerprint density at radius 3 is 2.62 bits per heavy atom. The lowest BCUT2D eigenvalue weighted by Crippen LogP contribution is -2.35. The van der Waals surface area contributed by atoms with Crippen LogP contribution in [0.2, 0.25) is 0 Å². The molecule has 90 valence electrons. The summed E-state index contributed by atoms with van der Waals surface area (Å²) in [5.74, 6) is 0. The Hall–Kier alpha value is -0.490. The zero-order chi connectivity index (χ0) is 11.6. The molecule has 2 N–H and O–H groups in total. The largest absolute Gasteiger partial charge is 0.378 e. The molecule has 0 spiro atoms. The van der Waals surface area contributed by atoms with Crippen molar-refractivity contribution in [2.45, 2.75) is 38.0 Å². The number of rotatable bonds is 5. The van der Waals surface area contributed by atoms with E-state index in [0.717, 1.165) is 28.4 Å². The van der Waals surface area contributed by atoms with E-state index in [1.54, 1.807) is 25.6 Å². The van der Waals surface area contributed by atoms with Gasteiger partial charge in [-0.2, -0.15) is 0 Å². The van der Waals surface area contributed by atoms with Crippen LogP contribution in [0, 0.1) is 0 Å². The van der Waals surface area contributed by atoms with Gasteiger partial charge in [0, 0.05) is 25.6 Å². The molecule has 0 aromatic carbocycles. The fraction of sp³-hybridized carbons (Fsp3) is 0.727. The monoisotopic (exact) mass is 242 g/mol. The highest BCUT2D eigenvalue weighted by atomic mass is 32.1. The predicted octanol–water partition coefficient (Wildman–Crippen LogP) is 1.77. The summed E-state index contributed by atoms with van der Waals surface area (Å²) in [6.07, 6.45) is 3.34. The van der Waals surface area contributed by atoms with Gasteiger partial charge in [0.1, 0.15) is 10.6 Å². The number of hydrogen-bond acceptors (Lipinski definition) is 5. The van der Waals surface area contributed by atoms with Crippen molar-refractivity contribution in [1.82, 2.24) is 4.98 Å². The number of ether oxygens (including phenoxy) is 2. The van der Waals surface area contributed by atoms with E-state index in [0.29, 0.717) is 13.2 Å². The first kappa shape index (κ1) is 12.0. The van der Waals surface area contributed by atoms with E-state index >= 15 is 0 Å². The zero-order valence-corrected chi connectivity index (χ0v) is 10.6. The van der Waals surface area contributed by atoms with Gasteiger partial charge in [-0.15, -0.1) is 11.3 Å². The molecular weight excluding hydrogens is 224 g/mol. The van der Waals surface area contributed by atoms with Crippen molar-refractivity contribution in [3.05, 3.63) is 15.6 Å². The highest BCUT2D eigenvalue weighted by Gasteiger charge is 2.42. The minimum atomic E-state index is -0.138. The molecule has 0 unspecified atom stereocenters. The molecule has 0 atom stereocenters. The van der Waals surface area contributed by atoms with E-state index in [-0.39, 0.29) is 5.60 Å². The van der Waals surface area contributed by atoms with Crippen LogP contribution in [0.3, 0.4) is 0 Å². The fourth-order valence-corrected chi connectivity index (χ4v) is 3.16. The van der Waals surface area contributed by atoms with Gasteiger partial charge >= 0.3 is 0 Å². The van der Waals surface area contributed by atoms with Crippen LogP contribution in [-0.2, 0) is 28.2 Å². The lowest BCUT2D eigenvalue weighted by molar-refractivity contribution is -0.0781. The van der Waals surface area contributed by atoms with Crippen LogP contribution in [0.25, 0.3) is 0 Å². The van der Waals surface area contributed by atoms with Crippen molar-refractivity contribution in [3.63, 3.8) is 0 Å². The smallest absolute Gasteiger partial charge is 0.125 e. The Kier molecular flexibility index (Phi) is 3.59. The number of thiazole rings is 1. The number of nitrogens with two attached hydrogens (primary N) is 1. The molecule has 0 amide bonds. The summed E-state index contributed by atoms with van der Waals surface area (Å²) >= 11 is 1.67. The van der Waals surface area contributed by atoms with Gasteiger partial charge < -0.3 is 15.2 Å². The molecule has 1 heterocycles. The van der Waals surface area contributed by atoms with Gasteiger partial charge in [0.15, 0.2) is 0 Å². The van der Waals surface area contributed by atoms with E-state index in [2.05, 4.69) is 4.98 Å². The van der Waals surface area contributed by atoms with Crippen LogP contribution in [0.15, 0.2) is 0 Å². The van der Waals surface area contributed by atoms with Crippen molar-refractivity contribution in [2.24, 2.45) is 5.73 Å². The molecule has 0 radical (unpaired) electrons. The standard InChI is InChI=1S/C11H18N2O2S/c1-14-7-8-9(6-12)16-10(13-8)11(15-2)4-3-5-11/h3-7,12H2,1-2H3. The molecule has 16 heavy (non-hydrogen) atoms. The Balaban J connectivity index is 2.27. The van der Waals surface area contributed by atoms with Crippen LogP contribution in [0.1, 0.15) is 34.8 Å². The molecule has 1 aromatic rings. The van der Waals surface area contributed by atoms with Crippen molar-refractivity contribution in [3.8, 4) is 0 Å². The molecule has 1 aliphatic carbocycles. The van der Waals surface area contributed by atoms with Crippen molar-refractivity contribution < 1.29 is 9.47 Å². The van der Waals surface area contributed by atoms with Crippen LogP contribution in [-0.4, -0.2) is 19.2 Å². The quantitative estimate of drug-likeness (QED) is 0.855. The highest BCUT2D eigenvalue weighted by Crippen LogP contribution is 2.46. The van der Waals surface area contributed by atoms with Gasteiger partial charge in [0.2, 0.25) is 0 Å². The van der Waals surface area contributed by atoms with Crippen molar-refractivity contribution in [1.29, 1.82) is 0 Å². The Morgan fingerprint density at radius 1 is 1.44 bits per heavy atom. The van der Waals surface area contributed by atoms with Gasteiger partial charge in [0.05, 0.1) is 12.3 Å². The molecule has 1 fully saturated rings. The molecule has 4 nitrogen and oxygen atoms in total. The molecule has 2 rings (SSSR count). The second-order valence-electron chi connectivity index (χ2n) is 4.08. The fourth-order valence-electron chi connectivity index (χ4n) is 1.99. The van der Waals surface area contributed by atoms with Crippen molar-refractivity contribution in [2.75, 3.05) is 14.2 Å². The maximum absolute atomic E-state index is 5.71. The van der Waals surface area contributed by atoms with Gasteiger partial charge in [-0.1, -0.05) is 0 Å². The molecular formula is C11H18N2O2S. The molecule has 1 aromatic heterocycles.